The molecule has 0 aliphatic carbocycles. The second-order valence-corrected chi connectivity index (χ2v) is 11.5. The maximum absolute atomic E-state index is 2.36. The first-order chi connectivity index (χ1) is 16.0. The van der Waals surface area contributed by atoms with Gasteiger partial charge in [-0.25, -0.2) is 0 Å². The number of fused-ring (bicyclic) bond motifs is 1. The average Bonchev–Trinajstić information content (AvgIpc) is 2.85. The zero-order valence-corrected chi connectivity index (χ0v) is 20.3. The van der Waals surface area contributed by atoms with E-state index in [4.69, 9.17) is 0 Å². The first-order valence-electron chi connectivity index (χ1n) is 11.5. The van der Waals surface area contributed by atoms with Crippen molar-refractivity contribution in [3.8, 4) is 11.1 Å². The van der Waals surface area contributed by atoms with Crippen LogP contribution in [0.1, 0.15) is 26.3 Å². The van der Waals surface area contributed by atoms with Crippen LogP contribution in [0.5, 0.6) is 0 Å². The Morgan fingerprint density at radius 1 is 0.455 bits per heavy atom. The van der Waals surface area contributed by atoms with E-state index in [1.807, 2.05) is 0 Å². The van der Waals surface area contributed by atoms with Gasteiger partial charge in [0.2, 0.25) is 0 Å². The quantitative estimate of drug-likeness (QED) is 0.242. The van der Waals surface area contributed by atoms with Crippen molar-refractivity contribution >= 4 is 21.7 Å². The summed E-state index contributed by atoms with van der Waals surface area (Å²) in [6.07, 6.45) is 0. The van der Waals surface area contributed by atoms with Crippen LogP contribution in [0.25, 0.3) is 21.9 Å². The molecule has 0 aliphatic rings. The summed E-state index contributed by atoms with van der Waals surface area (Å²) in [5.41, 5.74) is 4.03. The average molecular weight is 446 g/mol. The molecule has 5 rings (SSSR count). The largest absolute Gasteiger partial charge is 0.167 e. The lowest BCUT2D eigenvalue weighted by Crippen LogP contribution is -2.11. The Morgan fingerprint density at radius 2 is 0.970 bits per heavy atom. The van der Waals surface area contributed by atoms with Crippen molar-refractivity contribution in [1.29, 1.82) is 0 Å². The second kappa shape index (κ2) is 8.92. The monoisotopic (exact) mass is 445 g/mol. The Bertz CT molecular complexity index is 1360. The Hall–Kier alpha value is -3.29. The molecule has 0 saturated heterocycles. The summed E-state index contributed by atoms with van der Waals surface area (Å²) in [5, 5.41) is 2.58. The van der Waals surface area contributed by atoms with Gasteiger partial charge >= 0.3 is 0 Å². The van der Waals surface area contributed by atoms with E-state index in [2.05, 4.69) is 142 Å². The number of hydrogen-bond donors (Lipinski definition) is 0. The van der Waals surface area contributed by atoms with Crippen LogP contribution in [0.3, 0.4) is 0 Å². The lowest BCUT2D eigenvalue weighted by molar-refractivity contribution is 0.589. The highest BCUT2D eigenvalue weighted by Gasteiger charge is 2.29. The molecule has 0 amide bonds. The summed E-state index contributed by atoms with van der Waals surface area (Å²) in [5.74, 6) is 0. The highest BCUT2D eigenvalue weighted by Crippen LogP contribution is 2.35. The minimum atomic E-state index is -0.170. The highest BCUT2D eigenvalue weighted by molar-refractivity contribution is 7.97. The van der Waals surface area contributed by atoms with E-state index in [0.717, 1.165) is 0 Å². The molecule has 162 valence electrons. The summed E-state index contributed by atoms with van der Waals surface area (Å²) in [4.78, 5) is 4.05. The summed E-state index contributed by atoms with van der Waals surface area (Å²) < 4.78 is 0. The van der Waals surface area contributed by atoms with Crippen molar-refractivity contribution in [1.82, 2.24) is 0 Å². The summed E-state index contributed by atoms with van der Waals surface area (Å²) >= 11 is 0. The van der Waals surface area contributed by atoms with Gasteiger partial charge in [-0.05, 0) is 81.4 Å². The first-order valence-corrected chi connectivity index (χ1v) is 12.7. The van der Waals surface area contributed by atoms with Gasteiger partial charge in [-0.3, -0.25) is 0 Å². The Balaban J connectivity index is 1.60. The molecule has 0 aliphatic heterocycles. The molecule has 1 unspecified atom stereocenters. The number of rotatable bonds is 4. The first kappa shape index (κ1) is 21.6. The Labute approximate surface area is 200 Å². The maximum Gasteiger partial charge on any atom is 0.167 e. The van der Waals surface area contributed by atoms with Crippen molar-refractivity contribution < 1.29 is 0 Å². The molecule has 0 nitrogen and oxygen atoms in total. The SMILES string of the molecule is CC(C)(C)c1ccc([S+](c2ccc(-c3ccccc3)cc2)c2ccc3ccccc3c2)cc1. The topological polar surface area (TPSA) is 0 Å². The normalized spacial score (nSPS) is 12.6. The zero-order valence-electron chi connectivity index (χ0n) is 19.5. The van der Waals surface area contributed by atoms with Gasteiger partial charge in [-0.2, -0.15) is 0 Å². The van der Waals surface area contributed by atoms with Gasteiger partial charge in [-0.15, -0.1) is 0 Å². The molecule has 0 aromatic heterocycles. The molecule has 0 bridgehead atoms. The predicted molar refractivity (Wildman–Crippen MR) is 143 cm³/mol. The maximum atomic E-state index is 2.36. The van der Waals surface area contributed by atoms with Crippen LogP contribution in [0.2, 0.25) is 0 Å². The van der Waals surface area contributed by atoms with Crippen molar-refractivity contribution in [3.63, 3.8) is 0 Å². The summed E-state index contributed by atoms with van der Waals surface area (Å²) in [6.45, 7) is 6.81. The van der Waals surface area contributed by atoms with Crippen molar-refractivity contribution in [2.45, 2.75) is 40.9 Å². The van der Waals surface area contributed by atoms with Crippen LogP contribution in [-0.4, -0.2) is 0 Å². The Morgan fingerprint density at radius 3 is 1.61 bits per heavy atom. The van der Waals surface area contributed by atoms with Gasteiger partial charge in [-0.1, -0.05) is 87.5 Å². The van der Waals surface area contributed by atoms with Crippen LogP contribution in [-0.2, 0) is 16.3 Å². The molecule has 0 spiro atoms. The van der Waals surface area contributed by atoms with Gasteiger partial charge in [0.1, 0.15) is 0 Å². The van der Waals surface area contributed by atoms with Crippen LogP contribution in [0.15, 0.2) is 136 Å². The van der Waals surface area contributed by atoms with Gasteiger partial charge in [0, 0.05) is 6.07 Å². The van der Waals surface area contributed by atoms with Crippen LogP contribution in [0, 0.1) is 0 Å². The van der Waals surface area contributed by atoms with Gasteiger partial charge < -0.3 is 0 Å². The lowest BCUT2D eigenvalue weighted by atomic mass is 9.87. The summed E-state index contributed by atoms with van der Waals surface area (Å²) in [6, 6.07) is 44.5. The third-order valence-corrected chi connectivity index (χ3v) is 8.32. The fourth-order valence-electron chi connectivity index (χ4n) is 4.21. The third-order valence-electron chi connectivity index (χ3n) is 6.11. The smallest absolute Gasteiger partial charge is 0.0622 e. The lowest BCUT2D eigenvalue weighted by Gasteiger charge is -2.19. The van der Waals surface area contributed by atoms with E-state index < -0.39 is 0 Å². The van der Waals surface area contributed by atoms with Crippen molar-refractivity contribution in [2.75, 3.05) is 0 Å². The van der Waals surface area contributed by atoms with Crippen LogP contribution in [0.4, 0.5) is 0 Å². The predicted octanol–water partition coefficient (Wildman–Crippen LogP) is 8.90. The zero-order chi connectivity index (χ0) is 22.8. The molecule has 0 radical (unpaired) electrons. The minimum absolute atomic E-state index is 0.150. The second-order valence-electron chi connectivity index (χ2n) is 9.48. The minimum Gasteiger partial charge on any atom is -0.0622 e. The molecule has 5 aromatic rings. The molecule has 0 heterocycles. The van der Waals surface area contributed by atoms with E-state index in [0.29, 0.717) is 0 Å². The molecule has 1 atom stereocenters. The molecule has 5 aromatic carbocycles. The van der Waals surface area contributed by atoms with Gasteiger partial charge in [0.25, 0.3) is 0 Å². The molecule has 0 saturated carbocycles. The number of benzene rings is 5. The molecular formula is C32H29S+. The van der Waals surface area contributed by atoms with Crippen LogP contribution < -0.4 is 0 Å². The van der Waals surface area contributed by atoms with Gasteiger partial charge in [0.15, 0.2) is 14.7 Å². The van der Waals surface area contributed by atoms with E-state index in [1.165, 1.54) is 42.1 Å². The molecule has 1 heteroatoms. The Kier molecular flexibility index (Phi) is 5.83. The van der Waals surface area contributed by atoms with E-state index in [1.54, 1.807) is 0 Å². The molecule has 0 fully saturated rings. The van der Waals surface area contributed by atoms with E-state index in [-0.39, 0.29) is 16.3 Å². The van der Waals surface area contributed by atoms with Crippen molar-refractivity contribution in [2.24, 2.45) is 0 Å². The number of hydrogen-bond acceptors (Lipinski definition) is 0. The third kappa shape index (κ3) is 4.60. The van der Waals surface area contributed by atoms with E-state index >= 15 is 0 Å². The summed E-state index contributed by atoms with van der Waals surface area (Å²) in [7, 11) is -0.170. The molecule has 0 N–H and O–H groups in total. The van der Waals surface area contributed by atoms with Crippen molar-refractivity contribution in [3.05, 3.63) is 127 Å². The van der Waals surface area contributed by atoms with Crippen LogP contribution >= 0.6 is 0 Å². The molecule has 33 heavy (non-hydrogen) atoms. The molecular weight excluding hydrogens is 416 g/mol. The highest BCUT2D eigenvalue weighted by atomic mass is 32.2. The fraction of sp³-hybridized carbons (Fsp3) is 0.125. The van der Waals surface area contributed by atoms with Gasteiger partial charge in [0.05, 0.1) is 10.9 Å². The standard InChI is InChI=1S/C32H29S/c1-32(2,3)28-16-21-30(22-17-28)33(31-20-15-25-11-7-8-12-27(25)23-31)29-18-13-26(14-19-29)24-9-5-4-6-10-24/h4-23H,1-3H3/q+1. The van der Waals surface area contributed by atoms with E-state index in [9.17, 15) is 0 Å². The fourth-order valence-corrected chi connectivity index (χ4v) is 6.29.